The monoisotopic (exact) mass is 303 g/mol. The Morgan fingerprint density at radius 2 is 2.06 bits per heavy atom. The Morgan fingerprint density at radius 1 is 1.31 bits per heavy atom. The van der Waals surface area contributed by atoms with Gasteiger partial charge in [-0.05, 0) is 18.3 Å². The topological polar surface area (TPSA) is 26.0 Å². The van der Waals surface area contributed by atoms with Crippen LogP contribution in [0.3, 0.4) is 0 Å². The van der Waals surface area contributed by atoms with Gasteiger partial charge in [0.25, 0.3) is 5.22 Å². The maximum atomic E-state index is 5.28. The van der Waals surface area contributed by atoms with E-state index in [0.717, 1.165) is 16.3 Å². The Bertz CT molecular complexity index is 294. The van der Waals surface area contributed by atoms with Crippen molar-refractivity contribution in [1.29, 1.82) is 0 Å². The van der Waals surface area contributed by atoms with E-state index in [-0.39, 0.29) is 0 Å². The highest BCUT2D eigenvalue weighted by atomic mass is 79.9. The summed E-state index contributed by atoms with van der Waals surface area (Å²) in [4.78, 5) is 4.17. The molecule has 4 heteroatoms. The third-order valence-corrected chi connectivity index (χ3v) is 5.75. The first-order valence-electron chi connectivity index (χ1n) is 5.93. The Hall–Kier alpha value is 0.0400. The van der Waals surface area contributed by atoms with Crippen molar-refractivity contribution in [1.82, 2.24) is 4.98 Å². The number of nitrogens with zero attached hydrogens (tertiary/aromatic N) is 1. The number of thioether (sulfide) groups is 1. The van der Waals surface area contributed by atoms with Crippen LogP contribution in [0.25, 0.3) is 0 Å². The average molecular weight is 304 g/mol. The number of halogens is 1. The molecule has 1 fully saturated rings. The van der Waals surface area contributed by atoms with Gasteiger partial charge < -0.3 is 4.42 Å². The summed E-state index contributed by atoms with van der Waals surface area (Å²) in [7, 11) is 0. The lowest BCUT2D eigenvalue weighted by atomic mass is 9.85. The second-order valence-electron chi connectivity index (χ2n) is 4.63. The van der Waals surface area contributed by atoms with E-state index in [1.807, 2.05) is 0 Å². The van der Waals surface area contributed by atoms with E-state index in [1.54, 1.807) is 24.2 Å². The van der Waals surface area contributed by atoms with Crippen molar-refractivity contribution in [2.75, 3.05) is 11.1 Å². The molecule has 0 N–H and O–H groups in total. The molecule has 0 aliphatic heterocycles. The maximum absolute atomic E-state index is 5.28. The van der Waals surface area contributed by atoms with Gasteiger partial charge in [-0.3, -0.25) is 0 Å². The first kappa shape index (κ1) is 12.5. The molecule has 0 amide bonds. The van der Waals surface area contributed by atoms with Crippen molar-refractivity contribution in [3.05, 3.63) is 12.5 Å². The summed E-state index contributed by atoms with van der Waals surface area (Å²) in [6.45, 7) is 0. The van der Waals surface area contributed by atoms with Gasteiger partial charge in [-0.15, -0.1) is 0 Å². The van der Waals surface area contributed by atoms with Crippen LogP contribution in [0.15, 0.2) is 22.1 Å². The highest BCUT2D eigenvalue weighted by Crippen LogP contribution is 2.40. The molecule has 0 aromatic carbocycles. The molecule has 1 aromatic rings. The lowest BCUT2D eigenvalue weighted by molar-refractivity contribution is 0.332. The fourth-order valence-electron chi connectivity index (χ4n) is 2.29. The van der Waals surface area contributed by atoms with Crippen LogP contribution in [0.4, 0.5) is 0 Å². The molecule has 0 unspecified atom stereocenters. The van der Waals surface area contributed by atoms with E-state index >= 15 is 0 Å². The normalized spacial score (nSPS) is 20.6. The van der Waals surface area contributed by atoms with Gasteiger partial charge in [0, 0.05) is 11.1 Å². The van der Waals surface area contributed by atoms with Gasteiger partial charge in [0.05, 0.1) is 6.20 Å². The Morgan fingerprint density at radius 3 is 2.62 bits per heavy atom. The fraction of sp³-hybridized carbons (Fsp3) is 0.750. The summed E-state index contributed by atoms with van der Waals surface area (Å²) in [6.07, 6.45) is 11.6. The van der Waals surface area contributed by atoms with Crippen LogP contribution in [-0.2, 0) is 0 Å². The van der Waals surface area contributed by atoms with Crippen molar-refractivity contribution in [2.45, 2.75) is 43.7 Å². The summed E-state index contributed by atoms with van der Waals surface area (Å²) in [6, 6.07) is 0. The number of oxazole rings is 1. The zero-order valence-electron chi connectivity index (χ0n) is 9.45. The quantitative estimate of drug-likeness (QED) is 0.465. The van der Waals surface area contributed by atoms with Crippen LogP contribution >= 0.6 is 27.7 Å². The van der Waals surface area contributed by atoms with Crippen LogP contribution < -0.4 is 0 Å². The third-order valence-electron chi connectivity index (χ3n) is 3.36. The highest BCUT2D eigenvalue weighted by Gasteiger charge is 2.30. The van der Waals surface area contributed by atoms with Crippen molar-refractivity contribution < 1.29 is 4.42 Å². The molecule has 0 radical (unpaired) electrons. The maximum Gasteiger partial charge on any atom is 0.255 e. The first-order chi connectivity index (χ1) is 7.85. The van der Waals surface area contributed by atoms with E-state index in [1.165, 1.54) is 38.5 Å². The van der Waals surface area contributed by atoms with Crippen molar-refractivity contribution in [3.63, 3.8) is 0 Å². The smallest absolute Gasteiger partial charge is 0.255 e. The van der Waals surface area contributed by atoms with Crippen LogP contribution in [-0.4, -0.2) is 16.1 Å². The molecule has 1 saturated carbocycles. The van der Waals surface area contributed by atoms with Crippen LogP contribution in [0.2, 0.25) is 0 Å². The van der Waals surface area contributed by atoms with Crippen LogP contribution in [0, 0.1) is 5.41 Å². The molecule has 2 rings (SSSR count). The summed E-state index contributed by atoms with van der Waals surface area (Å²) in [5, 5.41) is 1.91. The summed E-state index contributed by atoms with van der Waals surface area (Å²) in [5.41, 5.74) is 0.454. The van der Waals surface area contributed by atoms with Gasteiger partial charge >= 0.3 is 0 Å². The van der Waals surface area contributed by atoms with E-state index in [2.05, 4.69) is 20.9 Å². The predicted molar refractivity (Wildman–Crippen MR) is 71.2 cm³/mol. The Labute approximate surface area is 110 Å². The highest BCUT2D eigenvalue weighted by molar-refractivity contribution is 9.09. The molecule has 2 nitrogen and oxygen atoms in total. The number of alkyl halides is 1. The van der Waals surface area contributed by atoms with E-state index in [9.17, 15) is 0 Å². The number of hydrogen-bond donors (Lipinski definition) is 0. The lowest BCUT2D eigenvalue weighted by Crippen LogP contribution is -2.25. The molecule has 0 saturated heterocycles. The van der Waals surface area contributed by atoms with Gasteiger partial charge in [0.15, 0.2) is 0 Å². The van der Waals surface area contributed by atoms with E-state index < -0.39 is 0 Å². The Kier molecular flexibility index (Phi) is 4.77. The van der Waals surface area contributed by atoms with Crippen molar-refractivity contribution in [3.8, 4) is 0 Å². The van der Waals surface area contributed by atoms with E-state index in [4.69, 9.17) is 4.42 Å². The lowest BCUT2D eigenvalue weighted by Gasteiger charge is -2.29. The summed E-state index contributed by atoms with van der Waals surface area (Å²) < 4.78 is 5.28. The Balaban J connectivity index is 1.92. The largest absolute Gasteiger partial charge is 0.440 e. The molecular formula is C12H18BrNOS. The standard InChI is InChI=1S/C12H18BrNOS/c13-9-12(5-3-1-2-4-6-12)10-16-11-14-7-8-15-11/h7-8H,1-6,9-10H2. The van der Waals surface area contributed by atoms with E-state index in [0.29, 0.717) is 5.41 Å². The van der Waals surface area contributed by atoms with Gasteiger partial charge in [-0.25, -0.2) is 4.98 Å². The van der Waals surface area contributed by atoms with Gasteiger partial charge in [-0.2, -0.15) is 0 Å². The first-order valence-corrected chi connectivity index (χ1v) is 8.04. The van der Waals surface area contributed by atoms with Crippen LogP contribution in [0.5, 0.6) is 0 Å². The predicted octanol–water partition coefficient (Wildman–Crippen LogP) is 4.50. The molecule has 1 aliphatic rings. The molecule has 1 heterocycles. The minimum Gasteiger partial charge on any atom is -0.440 e. The minimum absolute atomic E-state index is 0.454. The number of hydrogen-bond acceptors (Lipinski definition) is 3. The van der Waals surface area contributed by atoms with Gasteiger partial charge in [0.2, 0.25) is 0 Å². The zero-order chi connectivity index (χ0) is 11.3. The molecule has 0 spiro atoms. The molecule has 1 aromatic heterocycles. The van der Waals surface area contributed by atoms with Crippen molar-refractivity contribution >= 4 is 27.7 Å². The second-order valence-corrected chi connectivity index (χ2v) is 6.12. The average Bonchev–Trinajstić information content (AvgIpc) is 2.72. The molecule has 1 aliphatic carbocycles. The minimum atomic E-state index is 0.454. The zero-order valence-corrected chi connectivity index (χ0v) is 11.9. The molecule has 0 atom stereocenters. The van der Waals surface area contributed by atoms with Gasteiger partial charge in [-0.1, -0.05) is 53.4 Å². The summed E-state index contributed by atoms with van der Waals surface area (Å²) in [5.74, 6) is 1.12. The fourth-order valence-corrected chi connectivity index (χ4v) is 4.39. The molecule has 0 bridgehead atoms. The van der Waals surface area contributed by atoms with Gasteiger partial charge in [0.1, 0.15) is 6.26 Å². The third kappa shape index (κ3) is 3.27. The molecule has 16 heavy (non-hydrogen) atoms. The SMILES string of the molecule is BrCC1(CSc2ncco2)CCCCCC1. The summed E-state index contributed by atoms with van der Waals surface area (Å²) >= 11 is 5.46. The number of aromatic nitrogens is 1. The van der Waals surface area contributed by atoms with Crippen molar-refractivity contribution in [2.24, 2.45) is 5.41 Å². The molecule has 90 valence electrons. The number of rotatable bonds is 4. The van der Waals surface area contributed by atoms with Crippen LogP contribution in [0.1, 0.15) is 38.5 Å². The molecular weight excluding hydrogens is 286 g/mol. The second kappa shape index (κ2) is 6.10.